The van der Waals surface area contributed by atoms with E-state index < -0.39 is 0 Å². The van der Waals surface area contributed by atoms with Crippen molar-refractivity contribution in [3.05, 3.63) is 64.2 Å². The number of amides is 1. The SMILES string of the molecule is Cc1ccc(CCN2Cc3cc(NC(=N[C@H]4C[C@H]5C[C@@H]([C@@H]4C)C5(C)C)N4CCN[C@@H](C)C4)ccc3C2=O)c(C)c1. The lowest BCUT2D eigenvalue weighted by molar-refractivity contribution is -0.108. The van der Waals surface area contributed by atoms with Gasteiger partial charge in [-0.05, 0) is 98.1 Å². The quantitative estimate of drug-likeness (QED) is 0.380. The molecule has 0 radical (unpaired) electrons. The average Bonchev–Trinajstić information content (AvgIpc) is 3.23. The Kier molecular flexibility index (Phi) is 7.18. The predicted octanol–water partition coefficient (Wildman–Crippen LogP) is 5.63. The maximum absolute atomic E-state index is 13.2. The van der Waals surface area contributed by atoms with Gasteiger partial charge in [0.25, 0.3) is 5.91 Å². The van der Waals surface area contributed by atoms with E-state index in [0.717, 1.165) is 67.2 Å². The first-order chi connectivity index (χ1) is 19.1. The van der Waals surface area contributed by atoms with Gasteiger partial charge in [0.2, 0.25) is 0 Å². The van der Waals surface area contributed by atoms with Crippen LogP contribution in [0.4, 0.5) is 5.69 Å². The highest BCUT2D eigenvalue weighted by atomic mass is 16.2. The van der Waals surface area contributed by atoms with Gasteiger partial charge in [-0.15, -0.1) is 0 Å². The first-order valence-electron chi connectivity index (χ1n) is 15.4. The maximum Gasteiger partial charge on any atom is 0.254 e. The Morgan fingerprint density at radius 2 is 1.95 bits per heavy atom. The minimum atomic E-state index is 0.147. The van der Waals surface area contributed by atoms with E-state index >= 15 is 0 Å². The first kappa shape index (κ1) is 27.3. The van der Waals surface area contributed by atoms with Gasteiger partial charge in [0.1, 0.15) is 0 Å². The van der Waals surface area contributed by atoms with E-state index in [1.54, 1.807) is 0 Å². The van der Waals surface area contributed by atoms with Crippen LogP contribution in [0, 0.1) is 37.0 Å². The molecular weight excluding hydrogens is 494 g/mol. The van der Waals surface area contributed by atoms with E-state index in [0.29, 0.717) is 30.0 Å². The van der Waals surface area contributed by atoms with Crippen molar-refractivity contribution in [2.24, 2.45) is 28.2 Å². The fraction of sp³-hybridized carbons (Fsp3) is 0.588. The van der Waals surface area contributed by atoms with Gasteiger partial charge < -0.3 is 20.4 Å². The van der Waals surface area contributed by atoms with Crippen molar-refractivity contribution in [1.82, 2.24) is 15.1 Å². The van der Waals surface area contributed by atoms with E-state index in [9.17, 15) is 4.79 Å². The van der Waals surface area contributed by atoms with E-state index in [1.807, 2.05) is 11.0 Å². The van der Waals surface area contributed by atoms with Crippen LogP contribution < -0.4 is 10.6 Å². The van der Waals surface area contributed by atoms with Gasteiger partial charge in [0, 0.05) is 50.0 Å². The van der Waals surface area contributed by atoms with Crippen LogP contribution in [0.25, 0.3) is 0 Å². The number of nitrogens with one attached hydrogen (secondary N) is 2. The highest BCUT2D eigenvalue weighted by molar-refractivity contribution is 6.00. The van der Waals surface area contributed by atoms with Gasteiger partial charge in [-0.3, -0.25) is 4.79 Å². The average molecular weight is 542 g/mol. The second-order valence-electron chi connectivity index (χ2n) is 13.7. The molecule has 2 bridgehead atoms. The summed E-state index contributed by atoms with van der Waals surface area (Å²) in [6.45, 7) is 18.1. The molecule has 6 nitrogen and oxygen atoms in total. The number of rotatable bonds is 5. The number of guanidine groups is 1. The van der Waals surface area contributed by atoms with E-state index in [2.05, 4.69) is 87.4 Å². The zero-order valence-electron chi connectivity index (χ0n) is 25.3. The smallest absolute Gasteiger partial charge is 0.254 e. The monoisotopic (exact) mass is 541 g/mol. The van der Waals surface area contributed by atoms with E-state index in [-0.39, 0.29) is 5.91 Å². The Balaban J connectivity index is 1.18. The Morgan fingerprint density at radius 1 is 1.12 bits per heavy atom. The van der Waals surface area contributed by atoms with Crippen LogP contribution >= 0.6 is 0 Å². The number of benzene rings is 2. The van der Waals surface area contributed by atoms with Crippen molar-refractivity contribution >= 4 is 17.6 Å². The van der Waals surface area contributed by atoms with Crippen LogP contribution in [-0.2, 0) is 13.0 Å². The molecule has 0 aromatic heterocycles. The van der Waals surface area contributed by atoms with Crippen LogP contribution in [0.15, 0.2) is 41.4 Å². The van der Waals surface area contributed by atoms with Crippen LogP contribution in [0.3, 0.4) is 0 Å². The van der Waals surface area contributed by atoms with Crippen molar-refractivity contribution in [2.75, 3.05) is 31.5 Å². The highest BCUT2D eigenvalue weighted by Crippen LogP contribution is 2.61. The van der Waals surface area contributed by atoms with Crippen LogP contribution in [0.1, 0.15) is 73.1 Å². The fourth-order valence-electron chi connectivity index (χ4n) is 7.92. The lowest BCUT2D eigenvalue weighted by Crippen LogP contribution is -2.57. The minimum absolute atomic E-state index is 0.147. The van der Waals surface area contributed by atoms with Crippen LogP contribution in [0.2, 0.25) is 0 Å². The van der Waals surface area contributed by atoms with Crippen molar-refractivity contribution < 1.29 is 4.79 Å². The van der Waals surface area contributed by atoms with Gasteiger partial charge in [0.05, 0.1) is 6.04 Å². The predicted molar refractivity (Wildman–Crippen MR) is 164 cm³/mol. The van der Waals surface area contributed by atoms with Crippen LogP contribution in [0.5, 0.6) is 0 Å². The number of anilines is 1. The van der Waals surface area contributed by atoms with Crippen molar-refractivity contribution in [1.29, 1.82) is 0 Å². The molecule has 7 rings (SSSR count). The molecule has 2 N–H and O–H groups in total. The topological polar surface area (TPSA) is 60.0 Å². The molecule has 2 aliphatic heterocycles. The molecule has 6 heteroatoms. The van der Waals surface area contributed by atoms with Gasteiger partial charge >= 0.3 is 0 Å². The van der Waals surface area contributed by atoms with Crippen molar-refractivity contribution in [3.8, 4) is 0 Å². The number of carbonyl (C=O) groups excluding carboxylic acids is 1. The molecule has 0 unspecified atom stereocenters. The molecule has 3 saturated carbocycles. The number of piperazine rings is 1. The number of aliphatic imine (C=N–C) groups is 1. The molecule has 2 heterocycles. The molecular formula is C34H47N5O. The lowest BCUT2D eigenvalue weighted by atomic mass is 9.45. The largest absolute Gasteiger partial charge is 0.340 e. The highest BCUT2D eigenvalue weighted by Gasteiger charge is 2.56. The third-order valence-corrected chi connectivity index (χ3v) is 10.7. The summed E-state index contributed by atoms with van der Waals surface area (Å²) in [6.07, 6.45) is 3.44. The standard InChI is InChI=1S/C34H47N5O/c1-21-7-8-25(22(2)15-21)11-13-38-20-26-16-28(9-10-29(26)32(38)40)36-33(39-14-12-35-23(3)19-39)37-31-18-27-17-30(24(31)4)34(27,5)6/h7-10,15-16,23-24,27,30-31,35H,11-14,17-20H2,1-6H3,(H,36,37)/t23-,24-,27+,30-,31-/m0/s1. The Morgan fingerprint density at radius 3 is 2.67 bits per heavy atom. The van der Waals surface area contributed by atoms with Gasteiger partial charge in [0.15, 0.2) is 5.96 Å². The Labute approximate surface area is 240 Å². The number of aryl methyl sites for hydroxylation is 2. The van der Waals surface area contributed by atoms with Gasteiger partial charge in [-0.1, -0.05) is 44.5 Å². The number of hydrogen-bond donors (Lipinski definition) is 2. The molecule has 1 saturated heterocycles. The summed E-state index contributed by atoms with van der Waals surface area (Å²) in [7, 11) is 0. The maximum atomic E-state index is 13.2. The molecule has 214 valence electrons. The molecule has 2 aromatic rings. The third kappa shape index (κ3) is 5.04. The Hall–Kier alpha value is -2.86. The first-order valence-corrected chi connectivity index (χ1v) is 15.4. The molecule has 4 fully saturated rings. The summed E-state index contributed by atoms with van der Waals surface area (Å²) in [6, 6.07) is 13.6. The van der Waals surface area contributed by atoms with E-state index in [4.69, 9.17) is 4.99 Å². The van der Waals surface area contributed by atoms with E-state index in [1.165, 1.54) is 29.5 Å². The zero-order valence-corrected chi connectivity index (χ0v) is 25.3. The molecule has 3 aliphatic carbocycles. The molecule has 1 amide bonds. The summed E-state index contributed by atoms with van der Waals surface area (Å²) in [5.41, 5.74) is 7.34. The second-order valence-corrected chi connectivity index (χ2v) is 13.7. The van der Waals surface area contributed by atoms with Crippen molar-refractivity contribution in [3.63, 3.8) is 0 Å². The molecule has 2 aromatic carbocycles. The van der Waals surface area contributed by atoms with Gasteiger partial charge in [-0.2, -0.15) is 0 Å². The van der Waals surface area contributed by atoms with Crippen molar-refractivity contribution in [2.45, 2.75) is 79.4 Å². The number of fused-ring (bicyclic) bond motifs is 3. The fourth-order valence-corrected chi connectivity index (χ4v) is 7.92. The minimum Gasteiger partial charge on any atom is -0.340 e. The molecule has 5 atom stereocenters. The van der Waals surface area contributed by atoms with Gasteiger partial charge in [-0.25, -0.2) is 4.99 Å². The normalized spacial score (nSPS) is 29.3. The third-order valence-electron chi connectivity index (χ3n) is 10.7. The zero-order chi connectivity index (χ0) is 28.2. The molecule has 0 spiro atoms. The second kappa shape index (κ2) is 10.5. The summed E-state index contributed by atoms with van der Waals surface area (Å²) < 4.78 is 0. The number of carbonyl (C=O) groups is 1. The summed E-state index contributed by atoms with van der Waals surface area (Å²) >= 11 is 0. The summed E-state index contributed by atoms with van der Waals surface area (Å²) in [5.74, 6) is 3.30. The summed E-state index contributed by atoms with van der Waals surface area (Å²) in [4.78, 5) is 23.1. The number of nitrogens with zero attached hydrogens (tertiary/aromatic N) is 3. The lowest BCUT2D eigenvalue weighted by Gasteiger charge is -2.61. The number of hydrogen-bond acceptors (Lipinski definition) is 3. The molecule has 5 aliphatic rings. The Bertz CT molecular complexity index is 1320. The van der Waals surface area contributed by atoms with Crippen LogP contribution in [-0.4, -0.2) is 59.9 Å². The molecule has 40 heavy (non-hydrogen) atoms. The summed E-state index contributed by atoms with van der Waals surface area (Å²) in [5, 5.41) is 7.31.